The molecule has 1 aromatic heterocycles. The van der Waals surface area contributed by atoms with Crippen LogP contribution < -0.4 is 5.32 Å². The van der Waals surface area contributed by atoms with Crippen LogP contribution in [0.2, 0.25) is 0 Å². The van der Waals surface area contributed by atoms with Crippen molar-refractivity contribution in [2.45, 2.75) is 6.54 Å². The Hall–Kier alpha value is -2.51. The summed E-state index contributed by atoms with van der Waals surface area (Å²) in [6.45, 7) is 1.19. The summed E-state index contributed by atoms with van der Waals surface area (Å²) in [7, 11) is 1.68. The minimum atomic E-state index is -1.16. The fourth-order valence-electron chi connectivity index (χ4n) is 1.85. The zero-order chi connectivity index (χ0) is 14.7. The fraction of sp³-hybridized carbons (Fsp3) is 0.417. The van der Waals surface area contributed by atoms with Crippen LogP contribution in [-0.2, 0) is 11.3 Å². The Labute approximate surface area is 114 Å². The zero-order valence-electron chi connectivity index (χ0n) is 11.0. The number of urea groups is 1. The van der Waals surface area contributed by atoms with Gasteiger partial charge in [-0.25, -0.2) is 9.59 Å². The van der Waals surface area contributed by atoms with Gasteiger partial charge >= 0.3 is 12.0 Å². The first-order valence-electron chi connectivity index (χ1n) is 6.06. The molecule has 20 heavy (non-hydrogen) atoms. The van der Waals surface area contributed by atoms with Gasteiger partial charge in [-0.05, 0) is 12.1 Å². The van der Waals surface area contributed by atoms with E-state index < -0.39 is 5.97 Å². The van der Waals surface area contributed by atoms with Crippen LogP contribution in [0.4, 0.5) is 4.79 Å². The van der Waals surface area contributed by atoms with Crippen molar-refractivity contribution in [1.82, 2.24) is 15.1 Å². The van der Waals surface area contributed by atoms with Crippen LogP contribution in [0.1, 0.15) is 16.3 Å². The van der Waals surface area contributed by atoms with Crippen LogP contribution in [0, 0.1) is 0 Å². The van der Waals surface area contributed by atoms with E-state index in [0.717, 1.165) is 0 Å². The van der Waals surface area contributed by atoms with Gasteiger partial charge in [0.2, 0.25) is 11.7 Å². The number of likely N-dealkylation sites (N-methyl/N-ethyl adjacent to an activating group) is 1. The third kappa shape index (κ3) is 3.08. The molecule has 3 amide bonds. The molecule has 0 aromatic carbocycles. The van der Waals surface area contributed by atoms with Crippen molar-refractivity contribution in [3.8, 4) is 0 Å². The lowest BCUT2D eigenvalue weighted by molar-refractivity contribution is -0.121. The minimum Gasteiger partial charge on any atom is -0.475 e. The number of carbonyl (C=O) groups is 3. The third-order valence-corrected chi connectivity index (χ3v) is 2.97. The summed E-state index contributed by atoms with van der Waals surface area (Å²) in [5, 5.41) is 11.3. The summed E-state index contributed by atoms with van der Waals surface area (Å²) >= 11 is 0. The van der Waals surface area contributed by atoms with E-state index >= 15 is 0 Å². The van der Waals surface area contributed by atoms with Crippen LogP contribution in [-0.4, -0.2) is 59.5 Å². The molecule has 8 nitrogen and oxygen atoms in total. The van der Waals surface area contributed by atoms with Crippen LogP contribution in [0.15, 0.2) is 16.5 Å². The Morgan fingerprint density at radius 3 is 2.70 bits per heavy atom. The molecule has 1 aliphatic heterocycles. The van der Waals surface area contributed by atoms with Crippen LogP contribution in [0.3, 0.4) is 0 Å². The monoisotopic (exact) mass is 281 g/mol. The van der Waals surface area contributed by atoms with Crippen molar-refractivity contribution < 1.29 is 23.9 Å². The lowest BCUT2D eigenvalue weighted by Gasteiger charge is -2.15. The third-order valence-electron chi connectivity index (χ3n) is 2.97. The van der Waals surface area contributed by atoms with Gasteiger partial charge in [0.15, 0.2) is 0 Å². The Morgan fingerprint density at radius 1 is 1.40 bits per heavy atom. The molecule has 0 saturated carbocycles. The molecule has 0 aliphatic carbocycles. The highest BCUT2D eigenvalue weighted by Crippen LogP contribution is 2.08. The molecule has 0 unspecified atom stereocenters. The minimum absolute atomic E-state index is 0.0182. The Morgan fingerprint density at radius 2 is 2.15 bits per heavy atom. The van der Waals surface area contributed by atoms with E-state index in [9.17, 15) is 14.4 Å². The van der Waals surface area contributed by atoms with Gasteiger partial charge in [-0.2, -0.15) is 0 Å². The maximum Gasteiger partial charge on any atom is 0.371 e. The predicted octanol–water partition coefficient (Wildman–Crippen LogP) is -0.0386. The van der Waals surface area contributed by atoms with E-state index in [0.29, 0.717) is 18.8 Å². The second-order valence-corrected chi connectivity index (χ2v) is 4.47. The molecule has 1 fully saturated rings. The summed E-state index contributed by atoms with van der Waals surface area (Å²) in [5.74, 6) is -1.30. The SMILES string of the molecule is CN1CCN(CC(=O)NCc2ccc(C(=O)O)o2)C1=O. The first kappa shape index (κ1) is 13.9. The second kappa shape index (κ2) is 5.64. The highest BCUT2D eigenvalue weighted by Gasteiger charge is 2.26. The fourth-order valence-corrected chi connectivity index (χ4v) is 1.85. The number of hydrogen-bond donors (Lipinski definition) is 2. The molecule has 0 spiro atoms. The van der Waals surface area contributed by atoms with Gasteiger partial charge in [0.25, 0.3) is 0 Å². The molecule has 1 aliphatic rings. The average Bonchev–Trinajstić information content (AvgIpc) is 2.99. The number of hydrogen-bond acceptors (Lipinski definition) is 4. The van der Waals surface area contributed by atoms with Gasteiger partial charge in [-0.3, -0.25) is 4.79 Å². The average molecular weight is 281 g/mol. The Bertz CT molecular complexity index is 539. The molecule has 1 aromatic rings. The number of carboxylic acids is 1. The highest BCUT2D eigenvalue weighted by atomic mass is 16.4. The molecule has 0 atom stereocenters. The topological polar surface area (TPSA) is 103 Å². The van der Waals surface area contributed by atoms with Crippen molar-refractivity contribution >= 4 is 17.9 Å². The molecule has 0 radical (unpaired) electrons. The summed E-state index contributed by atoms with van der Waals surface area (Å²) in [6, 6.07) is 2.63. The largest absolute Gasteiger partial charge is 0.475 e. The van der Waals surface area contributed by atoms with Crippen molar-refractivity contribution in [2.75, 3.05) is 26.7 Å². The van der Waals surface area contributed by atoms with Crippen LogP contribution in [0.5, 0.6) is 0 Å². The van der Waals surface area contributed by atoms with E-state index in [1.54, 1.807) is 11.9 Å². The molecular formula is C12H15N3O5. The van der Waals surface area contributed by atoms with Gasteiger partial charge in [-0.1, -0.05) is 0 Å². The normalized spacial score (nSPS) is 14.8. The Kier molecular flexibility index (Phi) is 3.92. The maximum absolute atomic E-state index is 11.7. The summed E-state index contributed by atoms with van der Waals surface area (Å²) in [6.07, 6.45) is 0. The standard InChI is InChI=1S/C12H15N3O5/c1-14-4-5-15(12(14)19)7-10(16)13-6-8-2-3-9(20-8)11(17)18/h2-3H,4-7H2,1H3,(H,13,16)(H,17,18). The number of rotatable bonds is 5. The number of aromatic carboxylic acids is 1. The van der Waals surface area contributed by atoms with Crippen LogP contribution >= 0.6 is 0 Å². The molecule has 8 heteroatoms. The maximum atomic E-state index is 11.7. The van der Waals surface area contributed by atoms with E-state index in [1.807, 2.05) is 0 Å². The quantitative estimate of drug-likeness (QED) is 0.788. The number of nitrogens with one attached hydrogen (secondary N) is 1. The summed E-state index contributed by atoms with van der Waals surface area (Å²) in [4.78, 5) is 36.9. The number of nitrogens with zero attached hydrogens (tertiary/aromatic N) is 2. The van der Waals surface area contributed by atoms with Gasteiger partial charge in [0.05, 0.1) is 6.54 Å². The van der Waals surface area contributed by atoms with Gasteiger partial charge in [0, 0.05) is 20.1 Å². The zero-order valence-corrected chi connectivity index (χ0v) is 11.0. The predicted molar refractivity (Wildman–Crippen MR) is 67.1 cm³/mol. The first-order chi connectivity index (χ1) is 9.47. The lowest BCUT2D eigenvalue weighted by atomic mass is 10.4. The van der Waals surface area contributed by atoms with Crippen LogP contribution in [0.25, 0.3) is 0 Å². The molecule has 1 saturated heterocycles. The molecule has 2 heterocycles. The Balaban J connectivity index is 1.80. The first-order valence-corrected chi connectivity index (χ1v) is 6.06. The highest BCUT2D eigenvalue weighted by molar-refractivity contribution is 5.85. The van der Waals surface area contributed by atoms with E-state index in [-0.39, 0.29) is 30.8 Å². The van der Waals surface area contributed by atoms with Crippen molar-refractivity contribution in [3.05, 3.63) is 23.7 Å². The number of carbonyl (C=O) groups excluding carboxylic acids is 2. The van der Waals surface area contributed by atoms with Crippen molar-refractivity contribution in [1.29, 1.82) is 0 Å². The van der Waals surface area contributed by atoms with E-state index in [1.165, 1.54) is 17.0 Å². The molecule has 108 valence electrons. The second-order valence-electron chi connectivity index (χ2n) is 4.47. The molecule has 0 bridgehead atoms. The number of carboxylic acid groups (broad SMARTS) is 1. The van der Waals surface area contributed by atoms with Crippen molar-refractivity contribution in [3.63, 3.8) is 0 Å². The molecule has 2 N–H and O–H groups in total. The number of furan rings is 1. The van der Waals surface area contributed by atoms with Crippen molar-refractivity contribution in [2.24, 2.45) is 0 Å². The van der Waals surface area contributed by atoms with E-state index in [2.05, 4.69) is 5.32 Å². The van der Waals surface area contributed by atoms with Gasteiger partial charge in [-0.15, -0.1) is 0 Å². The molecule has 2 rings (SSSR count). The number of amides is 3. The van der Waals surface area contributed by atoms with Gasteiger partial charge in [0.1, 0.15) is 12.3 Å². The van der Waals surface area contributed by atoms with Gasteiger partial charge < -0.3 is 24.6 Å². The summed E-state index contributed by atoms with van der Waals surface area (Å²) < 4.78 is 5.00. The summed E-state index contributed by atoms with van der Waals surface area (Å²) in [5.41, 5.74) is 0. The lowest BCUT2D eigenvalue weighted by Crippen LogP contribution is -2.39. The van der Waals surface area contributed by atoms with E-state index in [4.69, 9.17) is 9.52 Å². The smallest absolute Gasteiger partial charge is 0.371 e. The molecular weight excluding hydrogens is 266 g/mol.